The van der Waals surface area contributed by atoms with E-state index in [-0.39, 0.29) is 5.92 Å². The zero-order chi connectivity index (χ0) is 19.8. The van der Waals surface area contributed by atoms with E-state index in [4.69, 9.17) is 4.74 Å². The number of pyridine rings is 1. The van der Waals surface area contributed by atoms with Crippen LogP contribution < -0.4 is 10.1 Å². The number of aryl methyl sites for hydroxylation is 1. The monoisotopic (exact) mass is 443 g/mol. The number of ether oxygens (including phenoxy) is 1. The van der Waals surface area contributed by atoms with Crippen molar-refractivity contribution in [1.29, 1.82) is 0 Å². The topological polar surface area (TPSA) is 104 Å². The molecule has 0 unspecified atom stereocenters. The minimum absolute atomic E-state index is 0.270. The molecule has 0 amide bonds. The summed E-state index contributed by atoms with van der Waals surface area (Å²) in [5.41, 5.74) is 4.52. The van der Waals surface area contributed by atoms with Crippen molar-refractivity contribution in [3.05, 3.63) is 28.1 Å². The summed E-state index contributed by atoms with van der Waals surface area (Å²) in [5.74, 6) is 1.27. The zero-order valence-electron chi connectivity index (χ0n) is 16.2. The molecule has 0 fully saturated rings. The summed E-state index contributed by atoms with van der Waals surface area (Å²) in [6.07, 6.45) is 4.43. The number of H-pyrrole nitrogens is 2. The molecular weight excluding hydrogens is 422 g/mol. The van der Waals surface area contributed by atoms with Crippen molar-refractivity contribution in [2.45, 2.75) is 40.0 Å². The summed E-state index contributed by atoms with van der Waals surface area (Å²) < 4.78 is 6.75. The zero-order valence-corrected chi connectivity index (χ0v) is 17.8. The first-order chi connectivity index (χ1) is 13.5. The third-order valence-corrected chi connectivity index (χ3v) is 5.49. The Labute approximate surface area is 170 Å². The number of anilines is 2. The van der Waals surface area contributed by atoms with Crippen molar-refractivity contribution >= 4 is 49.6 Å². The molecule has 3 N–H and O–H groups in total. The lowest BCUT2D eigenvalue weighted by Gasteiger charge is -2.15. The Morgan fingerprint density at radius 1 is 1.18 bits per heavy atom. The molecule has 4 aromatic rings. The third kappa shape index (κ3) is 3.09. The van der Waals surface area contributed by atoms with Crippen LogP contribution in [0.2, 0.25) is 0 Å². The predicted molar refractivity (Wildman–Crippen MR) is 113 cm³/mol. The van der Waals surface area contributed by atoms with Gasteiger partial charge < -0.3 is 15.0 Å². The molecule has 0 radical (unpaired) electrons. The number of aromatic nitrogens is 6. The van der Waals surface area contributed by atoms with Crippen LogP contribution in [-0.2, 0) is 6.42 Å². The minimum atomic E-state index is 0.270. The standard InChI is InChI=1S/C19H22BrN7O/c1-5-11-15(20)14-17(23-11)25-19(26-18(14)28-6-2)24-12-8-21-16-10(7-22-27-16)13(12)9(3)4/h7-9H,5-6H2,1-4H3,(H,21,22,27)(H2,23,24,25,26). The maximum absolute atomic E-state index is 5.80. The van der Waals surface area contributed by atoms with Crippen LogP contribution in [0, 0.1) is 0 Å². The van der Waals surface area contributed by atoms with Crippen LogP contribution in [-0.4, -0.2) is 36.7 Å². The highest BCUT2D eigenvalue weighted by atomic mass is 79.9. The summed E-state index contributed by atoms with van der Waals surface area (Å²) in [7, 11) is 0. The molecule has 9 heteroatoms. The molecule has 28 heavy (non-hydrogen) atoms. The van der Waals surface area contributed by atoms with Crippen LogP contribution in [0.15, 0.2) is 16.9 Å². The van der Waals surface area contributed by atoms with Gasteiger partial charge in [0.15, 0.2) is 5.65 Å². The van der Waals surface area contributed by atoms with Crippen molar-refractivity contribution in [2.75, 3.05) is 11.9 Å². The highest BCUT2D eigenvalue weighted by Gasteiger charge is 2.19. The molecule has 0 spiro atoms. The Morgan fingerprint density at radius 2 is 2.00 bits per heavy atom. The van der Waals surface area contributed by atoms with E-state index in [2.05, 4.69) is 72.2 Å². The van der Waals surface area contributed by atoms with Crippen LogP contribution in [0.1, 0.15) is 44.9 Å². The van der Waals surface area contributed by atoms with Gasteiger partial charge in [0.05, 0.1) is 34.5 Å². The first-order valence-corrected chi connectivity index (χ1v) is 10.1. The summed E-state index contributed by atoms with van der Waals surface area (Å²) in [6.45, 7) is 8.82. The lowest BCUT2D eigenvalue weighted by Crippen LogP contribution is -2.05. The highest BCUT2D eigenvalue weighted by Crippen LogP contribution is 2.36. The molecule has 8 nitrogen and oxygen atoms in total. The second-order valence-electron chi connectivity index (χ2n) is 6.78. The van der Waals surface area contributed by atoms with E-state index in [1.54, 1.807) is 12.4 Å². The largest absolute Gasteiger partial charge is 0.477 e. The number of nitrogens with zero attached hydrogens (tertiary/aromatic N) is 4. The van der Waals surface area contributed by atoms with Gasteiger partial charge >= 0.3 is 0 Å². The fourth-order valence-corrected chi connectivity index (χ4v) is 4.12. The van der Waals surface area contributed by atoms with Gasteiger partial charge in [0.2, 0.25) is 11.8 Å². The van der Waals surface area contributed by atoms with E-state index in [0.29, 0.717) is 18.4 Å². The highest BCUT2D eigenvalue weighted by molar-refractivity contribution is 9.10. The van der Waals surface area contributed by atoms with Crippen LogP contribution in [0.4, 0.5) is 11.6 Å². The molecule has 4 heterocycles. The predicted octanol–water partition coefficient (Wildman–Crippen LogP) is 4.82. The summed E-state index contributed by atoms with van der Waals surface area (Å²) >= 11 is 3.65. The average molecular weight is 444 g/mol. The molecule has 4 aromatic heterocycles. The van der Waals surface area contributed by atoms with E-state index in [1.165, 1.54) is 0 Å². The molecule has 0 aliphatic heterocycles. The van der Waals surface area contributed by atoms with Gasteiger partial charge in [-0.1, -0.05) is 20.8 Å². The molecule has 0 aromatic carbocycles. The van der Waals surface area contributed by atoms with Crippen molar-refractivity contribution in [3.63, 3.8) is 0 Å². The van der Waals surface area contributed by atoms with Gasteiger partial charge in [-0.2, -0.15) is 15.1 Å². The molecule has 0 saturated carbocycles. The Morgan fingerprint density at radius 3 is 2.71 bits per heavy atom. The number of halogens is 1. The van der Waals surface area contributed by atoms with Gasteiger partial charge in [0, 0.05) is 11.1 Å². The lowest BCUT2D eigenvalue weighted by atomic mass is 9.99. The average Bonchev–Trinajstić information content (AvgIpc) is 3.25. The fourth-order valence-electron chi connectivity index (χ4n) is 3.38. The normalized spacial score (nSPS) is 11.6. The number of nitrogens with one attached hydrogen (secondary N) is 3. The summed E-state index contributed by atoms with van der Waals surface area (Å²) in [5, 5.41) is 12.2. The van der Waals surface area contributed by atoms with E-state index in [0.717, 1.165) is 49.9 Å². The van der Waals surface area contributed by atoms with E-state index in [9.17, 15) is 0 Å². The number of hydrogen-bond donors (Lipinski definition) is 3. The van der Waals surface area contributed by atoms with Gasteiger partial charge in [0.1, 0.15) is 5.65 Å². The molecule has 0 aliphatic rings. The van der Waals surface area contributed by atoms with Crippen molar-refractivity contribution in [2.24, 2.45) is 0 Å². The van der Waals surface area contributed by atoms with E-state index in [1.807, 2.05) is 6.92 Å². The Kier molecular flexibility index (Phi) is 4.92. The Balaban J connectivity index is 1.84. The Bertz CT molecular complexity index is 1150. The summed E-state index contributed by atoms with van der Waals surface area (Å²) in [4.78, 5) is 17.1. The van der Waals surface area contributed by atoms with Gasteiger partial charge in [0.25, 0.3) is 0 Å². The van der Waals surface area contributed by atoms with Gasteiger partial charge in [-0.05, 0) is 40.8 Å². The fraction of sp³-hybridized carbons (Fsp3) is 0.368. The molecule has 0 aliphatic carbocycles. The maximum Gasteiger partial charge on any atom is 0.232 e. The molecule has 4 rings (SSSR count). The maximum atomic E-state index is 5.80. The number of aromatic amines is 2. The van der Waals surface area contributed by atoms with Crippen LogP contribution >= 0.6 is 15.9 Å². The lowest BCUT2D eigenvalue weighted by molar-refractivity contribution is 0.331. The van der Waals surface area contributed by atoms with Crippen LogP contribution in [0.25, 0.3) is 22.1 Å². The number of rotatable bonds is 6. The first-order valence-electron chi connectivity index (χ1n) is 9.33. The van der Waals surface area contributed by atoms with Gasteiger partial charge in [-0.15, -0.1) is 0 Å². The van der Waals surface area contributed by atoms with Crippen LogP contribution in [0.5, 0.6) is 5.88 Å². The smallest absolute Gasteiger partial charge is 0.232 e. The quantitative estimate of drug-likeness (QED) is 0.394. The second-order valence-corrected chi connectivity index (χ2v) is 7.57. The molecular formula is C19H22BrN7O. The van der Waals surface area contributed by atoms with E-state index >= 15 is 0 Å². The van der Waals surface area contributed by atoms with Crippen molar-refractivity contribution in [3.8, 4) is 5.88 Å². The number of hydrogen-bond acceptors (Lipinski definition) is 6. The van der Waals surface area contributed by atoms with Gasteiger partial charge in [-0.25, -0.2) is 4.98 Å². The number of fused-ring (bicyclic) bond motifs is 2. The van der Waals surface area contributed by atoms with Gasteiger partial charge in [-0.3, -0.25) is 5.10 Å². The SMILES string of the molecule is CCOc1nc(Nc2cnc3[nH]ncc3c2C(C)C)nc2[nH]c(CC)c(Br)c12. The van der Waals surface area contributed by atoms with E-state index < -0.39 is 0 Å². The second kappa shape index (κ2) is 7.38. The van der Waals surface area contributed by atoms with Crippen molar-refractivity contribution < 1.29 is 4.74 Å². The van der Waals surface area contributed by atoms with Crippen LogP contribution in [0.3, 0.4) is 0 Å². The molecule has 0 atom stereocenters. The molecule has 146 valence electrons. The molecule has 0 saturated heterocycles. The van der Waals surface area contributed by atoms with Crippen molar-refractivity contribution in [1.82, 2.24) is 30.1 Å². The third-order valence-electron chi connectivity index (χ3n) is 4.61. The Hall–Kier alpha value is -2.68. The molecule has 0 bridgehead atoms. The first kappa shape index (κ1) is 18.7. The minimum Gasteiger partial charge on any atom is -0.477 e. The summed E-state index contributed by atoms with van der Waals surface area (Å²) in [6, 6.07) is 0.